The van der Waals surface area contributed by atoms with Crippen molar-refractivity contribution in [1.82, 2.24) is 4.98 Å². The molecule has 0 unspecified atom stereocenters. The summed E-state index contributed by atoms with van der Waals surface area (Å²) in [5, 5.41) is 6.01. The molecule has 1 aromatic heterocycles. The highest BCUT2D eigenvalue weighted by atomic mass is 32.1. The average Bonchev–Trinajstić information content (AvgIpc) is 3.10. The number of nitrogens with zero attached hydrogens (tertiary/aromatic N) is 1. The molecule has 0 aliphatic carbocycles. The second-order valence-electron chi connectivity index (χ2n) is 6.16. The monoisotopic (exact) mass is 409 g/mol. The number of benzene rings is 2. The number of hydrogen-bond donors (Lipinski definition) is 2. The Bertz CT molecular complexity index is 1030. The van der Waals surface area contributed by atoms with Crippen LogP contribution in [0.5, 0.6) is 0 Å². The molecule has 0 aliphatic heterocycles. The second kappa shape index (κ2) is 9.11. The summed E-state index contributed by atoms with van der Waals surface area (Å²) in [5.74, 6) is -1.24. The minimum Gasteiger partial charge on any atom is -0.451 e. The third-order valence-corrected chi connectivity index (χ3v) is 4.74. The number of esters is 1. The third kappa shape index (κ3) is 5.49. The standard InChI is InChI=1S/C21H19N3O4S/c1-13(25)22-16-8-10-17(11-9-16)24-18(26)12-28-21(27)20-19(23-14(2)29-20)15-6-4-3-5-7-15/h3-11H,12H2,1-2H3,(H,22,25)(H,24,26). The molecule has 2 amide bonds. The van der Waals surface area contributed by atoms with Crippen LogP contribution in [0, 0.1) is 6.92 Å². The van der Waals surface area contributed by atoms with E-state index < -0.39 is 18.5 Å². The van der Waals surface area contributed by atoms with Crippen molar-refractivity contribution >= 4 is 40.5 Å². The molecule has 2 aromatic carbocycles. The van der Waals surface area contributed by atoms with E-state index in [4.69, 9.17) is 4.74 Å². The topological polar surface area (TPSA) is 97.4 Å². The summed E-state index contributed by atoms with van der Waals surface area (Å²) in [6.45, 7) is 2.81. The van der Waals surface area contributed by atoms with Gasteiger partial charge in [-0.2, -0.15) is 0 Å². The van der Waals surface area contributed by atoms with E-state index in [1.54, 1.807) is 24.3 Å². The Kier molecular flexibility index (Phi) is 6.36. The van der Waals surface area contributed by atoms with Crippen molar-refractivity contribution in [3.8, 4) is 11.3 Å². The fourth-order valence-electron chi connectivity index (χ4n) is 2.59. The van der Waals surface area contributed by atoms with E-state index in [1.807, 2.05) is 37.3 Å². The summed E-state index contributed by atoms with van der Waals surface area (Å²) < 4.78 is 5.18. The molecule has 3 rings (SSSR count). The number of thiazole rings is 1. The minimum absolute atomic E-state index is 0.179. The van der Waals surface area contributed by atoms with Crippen molar-refractivity contribution in [3.63, 3.8) is 0 Å². The van der Waals surface area contributed by atoms with Crippen molar-refractivity contribution in [2.75, 3.05) is 17.2 Å². The summed E-state index contributed by atoms with van der Waals surface area (Å²) in [6, 6.07) is 16.0. The zero-order chi connectivity index (χ0) is 20.8. The highest BCUT2D eigenvalue weighted by Gasteiger charge is 2.20. The van der Waals surface area contributed by atoms with E-state index in [0.29, 0.717) is 21.9 Å². The number of anilines is 2. The van der Waals surface area contributed by atoms with Crippen LogP contribution in [0.4, 0.5) is 11.4 Å². The molecule has 8 heteroatoms. The van der Waals surface area contributed by atoms with E-state index in [2.05, 4.69) is 15.6 Å². The predicted molar refractivity (Wildman–Crippen MR) is 112 cm³/mol. The lowest BCUT2D eigenvalue weighted by molar-refractivity contribution is -0.119. The summed E-state index contributed by atoms with van der Waals surface area (Å²) >= 11 is 1.23. The normalized spacial score (nSPS) is 10.3. The molecule has 1 heterocycles. The van der Waals surface area contributed by atoms with Crippen LogP contribution in [-0.2, 0) is 14.3 Å². The van der Waals surface area contributed by atoms with Gasteiger partial charge in [-0.15, -0.1) is 11.3 Å². The first-order chi connectivity index (χ1) is 13.9. The quantitative estimate of drug-likeness (QED) is 0.602. The van der Waals surface area contributed by atoms with Gasteiger partial charge in [0.05, 0.1) is 10.7 Å². The van der Waals surface area contributed by atoms with Crippen molar-refractivity contribution in [1.29, 1.82) is 0 Å². The van der Waals surface area contributed by atoms with E-state index >= 15 is 0 Å². The molecular weight excluding hydrogens is 390 g/mol. The number of carbonyl (C=O) groups is 3. The Hall–Kier alpha value is -3.52. The third-order valence-electron chi connectivity index (χ3n) is 3.79. The zero-order valence-corrected chi connectivity index (χ0v) is 16.7. The Morgan fingerprint density at radius 1 is 0.966 bits per heavy atom. The Morgan fingerprint density at radius 3 is 2.21 bits per heavy atom. The highest BCUT2D eigenvalue weighted by molar-refractivity contribution is 7.14. The van der Waals surface area contributed by atoms with Gasteiger partial charge in [0.25, 0.3) is 5.91 Å². The van der Waals surface area contributed by atoms with Crippen LogP contribution in [0.2, 0.25) is 0 Å². The smallest absolute Gasteiger partial charge is 0.351 e. The molecular formula is C21H19N3O4S. The van der Waals surface area contributed by atoms with Crippen LogP contribution in [0.1, 0.15) is 21.6 Å². The highest BCUT2D eigenvalue weighted by Crippen LogP contribution is 2.28. The van der Waals surface area contributed by atoms with Gasteiger partial charge in [0.1, 0.15) is 4.88 Å². The lowest BCUT2D eigenvalue weighted by atomic mass is 10.1. The molecule has 29 heavy (non-hydrogen) atoms. The maximum Gasteiger partial charge on any atom is 0.351 e. The average molecular weight is 409 g/mol. The molecule has 2 N–H and O–H groups in total. The molecule has 148 valence electrons. The molecule has 0 saturated carbocycles. The van der Waals surface area contributed by atoms with E-state index in [9.17, 15) is 14.4 Å². The maximum absolute atomic E-state index is 12.5. The van der Waals surface area contributed by atoms with Gasteiger partial charge in [-0.05, 0) is 31.2 Å². The van der Waals surface area contributed by atoms with Gasteiger partial charge < -0.3 is 15.4 Å². The fourth-order valence-corrected chi connectivity index (χ4v) is 3.43. The SMILES string of the molecule is CC(=O)Nc1ccc(NC(=O)COC(=O)c2sc(C)nc2-c2ccccc2)cc1. The van der Waals surface area contributed by atoms with Crippen LogP contribution < -0.4 is 10.6 Å². The molecule has 0 saturated heterocycles. The maximum atomic E-state index is 12.5. The first kappa shape index (κ1) is 20.2. The van der Waals surface area contributed by atoms with Crippen molar-refractivity contribution in [3.05, 3.63) is 64.5 Å². The van der Waals surface area contributed by atoms with Gasteiger partial charge in [-0.3, -0.25) is 9.59 Å². The molecule has 0 spiro atoms. The van der Waals surface area contributed by atoms with Gasteiger partial charge in [-0.25, -0.2) is 9.78 Å². The van der Waals surface area contributed by atoms with Gasteiger partial charge in [0, 0.05) is 23.9 Å². The van der Waals surface area contributed by atoms with Crippen molar-refractivity contribution in [2.24, 2.45) is 0 Å². The van der Waals surface area contributed by atoms with E-state index in [-0.39, 0.29) is 5.91 Å². The van der Waals surface area contributed by atoms with Gasteiger partial charge >= 0.3 is 5.97 Å². The Morgan fingerprint density at radius 2 is 1.59 bits per heavy atom. The number of aromatic nitrogens is 1. The van der Waals surface area contributed by atoms with Crippen LogP contribution in [-0.4, -0.2) is 29.4 Å². The largest absolute Gasteiger partial charge is 0.451 e. The minimum atomic E-state index is -0.592. The predicted octanol–water partition coefficient (Wildman–Crippen LogP) is 3.87. The van der Waals surface area contributed by atoms with Gasteiger partial charge in [-0.1, -0.05) is 30.3 Å². The van der Waals surface area contributed by atoms with E-state index in [0.717, 1.165) is 10.6 Å². The number of hydrogen-bond acceptors (Lipinski definition) is 6. The Labute approximate surface area is 171 Å². The number of aryl methyl sites for hydroxylation is 1. The van der Waals surface area contributed by atoms with Crippen LogP contribution in [0.3, 0.4) is 0 Å². The Balaban J connectivity index is 1.60. The lowest BCUT2D eigenvalue weighted by Crippen LogP contribution is -2.20. The fraction of sp³-hybridized carbons (Fsp3) is 0.143. The summed E-state index contributed by atoms with van der Waals surface area (Å²) in [6.07, 6.45) is 0. The lowest BCUT2D eigenvalue weighted by Gasteiger charge is -2.08. The van der Waals surface area contributed by atoms with Crippen molar-refractivity contribution < 1.29 is 19.1 Å². The number of ether oxygens (including phenoxy) is 1. The van der Waals surface area contributed by atoms with Crippen LogP contribution in [0.25, 0.3) is 11.3 Å². The molecule has 0 bridgehead atoms. The number of rotatable bonds is 6. The molecule has 7 nitrogen and oxygen atoms in total. The molecule has 3 aromatic rings. The first-order valence-electron chi connectivity index (χ1n) is 8.80. The van der Waals surface area contributed by atoms with Crippen LogP contribution >= 0.6 is 11.3 Å². The molecule has 0 fully saturated rings. The zero-order valence-electron chi connectivity index (χ0n) is 15.9. The molecule has 0 atom stereocenters. The first-order valence-corrected chi connectivity index (χ1v) is 9.61. The van der Waals surface area contributed by atoms with Crippen LogP contribution in [0.15, 0.2) is 54.6 Å². The summed E-state index contributed by atoms with van der Waals surface area (Å²) in [5.41, 5.74) is 2.51. The number of amides is 2. The number of nitrogens with one attached hydrogen (secondary N) is 2. The number of carbonyl (C=O) groups excluding carboxylic acids is 3. The van der Waals surface area contributed by atoms with E-state index in [1.165, 1.54) is 18.3 Å². The van der Waals surface area contributed by atoms with Crippen molar-refractivity contribution in [2.45, 2.75) is 13.8 Å². The van der Waals surface area contributed by atoms with Gasteiger partial charge in [0.2, 0.25) is 5.91 Å². The van der Waals surface area contributed by atoms with Gasteiger partial charge in [0.15, 0.2) is 6.61 Å². The second-order valence-corrected chi connectivity index (χ2v) is 7.36. The summed E-state index contributed by atoms with van der Waals surface area (Å²) in [7, 11) is 0. The molecule has 0 radical (unpaired) electrons. The molecule has 0 aliphatic rings. The summed E-state index contributed by atoms with van der Waals surface area (Å²) in [4.78, 5) is 40.4.